The molecule has 2 amide bonds. The van der Waals surface area contributed by atoms with Gasteiger partial charge in [-0.25, -0.2) is 0 Å². The van der Waals surface area contributed by atoms with E-state index in [1.54, 1.807) is 35.2 Å². The molecular weight excluding hydrogens is 386 g/mol. The molecule has 3 aromatic carbocycles. The van der Waals surface area contributed by atoms with E-state index in [0.717, 1.165) is 24.3 Å². The van der Waals surface area contributed by atoms with Gasteiger partial charge in [-0.2, -0.15) is 0 Å². The molecule has 0 aliphatic carbocycles. The van der Waals surface area contributed by atoms with Crippen molar-refractivity contribution in [3.05, 3.63) is 108 Å². The predicted molar refractivity (Wildman–Crippen MR) is 124 cm³/mol. The van der Waals surface area contributed by atoms with Crippen LogP contribution in [0.25, 0.3) is 6.08 Å². The standard InChI is InChI=1S/C26H25N3O2/c30-25(22-12-6-2-7-13-22)27-24(20-21-10-4-1-5-11-21)26(31)29-18-16-28(17-19-29)23-14-8-3-9-15-23/h1-15,20H,16-19H2,(H,27,30)/b24-20+. The molecule has 1 aliphatic rings. The summed E-state index contributed by atoms with van der Waals surface area (Å²) in [5.74, 6) is -0.458. The smallest absolute Gasteiger partial charge is 0.270 e. The van der Waals surface area contributed by atoms with Gasteiger partial charge in [0.25, 0.3) is 11.8 Å². The van der Waals surface area contributed by atoms with E-state index in [2.05, 4.69) is 22.3 Å². The van der Waals surface area contributed by atoms with Gasteiger partial charge >= 0.3 is 0 Å². The van der Waals surface area contributed by atoms with Gasteiger partial charge in [-0.05, 0) is 35.9 Å². The molecule has 1 N–H and O–H groups in total. The Morgan fingerprint density at radius 3 is 1.87 bits per heavy atom. The second-order valence-electron chi connectivity index (χ2n) is 7.40. The van der Waals surface area contributed by atoms with Crippen molar-refractivity contribution >= 4 is 23.6 Å². The topological polar surface area (TPSA) is 52.7 Å². The lowest BCUT2D eigenvalue weighted by atomic mass is 10.1. The zero-order chi connectivity index (χ0) is 21.5. The highest BCUT2D eigenvalue weighted by Gasteiger charge is 2.25. The number of hydrogen-bond donors (Lipinski definition) is 1. The first-order valence-electron chi connectivity index (χ1n) is 10.4. The highest BCUT2D eigenvalue weighted by Crippen LogP contribution is 2.17. The van der Waals surface area contributed by atoms with E-state index in [0.29, 0.717) is 18.7 Å². The SMILES string of the molecule is O=C(N/C(=C/c1ccccc1)C(=O)N1CCN(c2ccccc2)CC1)c1ccccc1. The molecule has 1 aliphatic heterocycles. The lowest BCUT2D eigenvalue weighted by Gasteiger charge is -2.36. The lowest BCUT2D eigenvalue weighted by molar-refractivity contribution is -0.127. The lowest BCUT2D eigenvalue weighted by Crippen LogP contribution is -2.50. The van der Waals surface area contributed by atoms with E-state index in [9.17, 15) is 9.59 Å². The van der Waals surface area contributed by atoms with E-state index < -0.39 is 0 Å². The first kappa shape index (κ1) is 20.4. The number of carbonyl (C=O) groups excluding carboxylic acids is 2. The van der Waals surface area contributed by atoms with Gasteiger partial charge in [0.2, 0.25) is 0 Å². The molecule has 0 saturated carbocycles. The Hall–Kier alpha value is -3.86. The van der Waals surface area contributed by atoms with E-state index >= 15 is 0 Å². The van der Waals surface area contributed by atoms with Gasteiger partial charge < -0.3 is 15.1 Å². The van der Waals surface area contributed by atoms with Crippen LogP contribution < -0.4 is 10.2 Å². The van der Waals surface area contributed by atoms with Crippen LogP contribution in [0.15, 0.2) is 96.7 Å². The first-order valence-corrected chi connectivity index (χ1v) is 10.4. The number of nitrogens with zero attached hydrogens (tertiary/aromatic N) is 2. The maximum atomic E-state index is 13.3. The number of amides is 2. The molecule has 1 heterocycles. The number of benzene rings is 3. The minimum absolute atomic E-state index is 0.166. The van der Waals surface area contributed by atoms with Crippen LogP contribution in [0.1, 0.15) is 15.9 Å². The zero-order valence-electron chi connectivity index (χ0n) is 17.3. The van der Waals surface area contributed by atoms with Gasteiger partial charge in [-0.15, -0.1) is 0 Å². The van der Waals surface area contributed by atoms with Crippen molar-refractivity contribution in [2.24, 2.45) is 0 Å². The van der Waals surface area contributed by atoms with Gasteiger partial charge in [0.1, 0.15) is 5.70 Å². The molecule has 1 saturated heterocycles. The fourth-order valence-corrected chi connectivity index (χ4v) is 3.63. The summed E-state index contributed by atoms with van der Waals surface area (Å²) in [7, 11) is 0. The van der Waals surface area contributed by atoms with Gasteiger partial charge in [-0.1, -0.05) is 66.7 Å². The van der Waals surface area contributed by atoms with Crippen molar-refractivity contribution < 1.29 is 9.59 Å². The Kier molecular flexibility index (Phi) is 6.43. The summed E-state index contributed by atoms with van der Waals surface area (Å²) in [6.07, 6.45) is 1.74. The Morgan fingerprint density at radius 2 is 1.26 bits per heavy atom. The first-order chi connectivity index (χ1) is 15.2. The number of anilines is 1. The second-order valence-corrected chi connectivity index (χ2v) is 7.40. The van der Waals surface area contributed by atoms with Crippen molar-refractivity contribution in [2.75, 3.05) is 31.1 Å². The number of nitrogens with one attached hydrogen (secondary N) is 1. The van der Waals surface area contributed by atoms with E-state index in [1.165, 1.54) is 0 Å². The van der Waals surface area contributed by atoms with Crippen molar-refractivity contribution in [1.82, 2.24) is 10.2 Å². The molecule has 0 radical (unpaired) electrons. The van der Waals surface area contributed by atoms with E-state index in [-0.39, 0.29) is 17.5 Å². The van der Waals surface area contributed by atoms with E-state index in [1.807, 2.05) is 54.6 Å². The Morgan fingerprint density at radius 1 is 0.710 bits per heavy atom. The van der Waals surface area contributed by atoms with Gasteiger partial charge in [-0.3, -0.25) is 9.59 Å². The van der Waals surface area contributed by atoms with Crippen LogP contribution in [-0.4, -0.2) is 42.9 Å². The maximum Gasteiger partial charge on any atom is 0.270 e. The monoisotopic (exact) mass is 411 g/mol. The van der Waals surface area contributed by atoms with Gasteiger partial charge in [0, 0.05) is 37.4 Å². The highest BCUT2D eigenvalue weighted by atomic mass is 16.2. The molecule has 156 valence electrons. The summed E-state index contributed by atoms with van der Waals surface area (Å²) >= 11 is 0. The van der Waals surface area contributed by atoms with Crippen molar-refractivity contribution in [3.63, 3.8) is 0 Å². The molecule has 3 aromatic rings. The maximum absolute atomic E-state index is 13.3. The molecule has 5 nitrogen and oxygen atoms in total. The molecule has 0 spiro atoms. The van der Waals surface area contributed by atoms with Crippen LogP contribution in [0.5, 0.6) is 0 Å². The van der Waals surface area contributed by atoms with Crippen LogP contribution in [0.3, 0.4) is 0 Å². The Labute approximate surface area is 182 Å². The average Bonchev–Trinajstić information content (AvgIpc) is 2.85. The minimum atomic E-state index is -0.293. The van der Waals surface area contributed by atoms with E-state index in [4.69, 9.17) is 0 Å². The van der Waals surface area contributed by atoms with Crippen LogP contribution in [0.4, 0.5) is 5.69 Å². The molecule has 31 heavy (non-hydrogen) atoms. The van der Waals surface area contributed by atoms with Crippen LogP contribution in [-0.2, 0) is 4.79 Å². The largest absolute Gasteiger partial charge is 0.368 e. The van der Waals surface area contributed by atoms with Crippen LogP contribution in [0.2, 0.25) is 0 Å². The summed E-state index contributed by atoms with van der Waals surface area (Å²) in [4.78, 5) is 30.2. The summed E-state index contributed by atoms with van der Waals surface area (Å²) < 4.78 is 0. The third-order valence-electron chi connectivity index (χ3n) is 5.31. The third kappa shape index (κ3) is 5.20. The number of hydrogen-bond acceptors (Lipinski definition) is 3. The molecule has 0 unspecified atom stereocenters. The molecule has 0 bridgehead atoms. The average molecular weight is 412 g/mol. The van der Waals surface area contributed by atoms with Crippen molar-refractivity contribution in [2.45, 2.75) is 0 Å². The summed E-state index contributed by atoms with van der Waals surface area (Å²) in [5, 5.41) is 2.84. The van der Waals surface area contributed by atoms with Crippen molar-refractivity contribution in [1.29, 1.82) is 0 Å². The summed E-state index contributed by atoms with van der Waals surface area (Å²) in [5.41, 5.74) is 2.82. The minimum Gasteiger partial charge on any atom is -0.368 e. The molecule has 0 atom stereocenters. The normalized spacial score (nSPS) is 14.3. The van der Waals surface area contributed by atoms with Gasteiger partial charge in [0.15, 0.2) is 0 Å². The third-order valence-corrected chi connectivity index (χ3v) is 5.31. The zero-order valence-corrected chi connectivity index (χ0v) is 17.3. The number of rotatable bonds is 5. The molecule has 1 fully saturated rings. The molecule has 4 rings (SSSR count). The molecule has 0 aromatic heterocycles. The predicted octanol–water partition coefficient (Wildman–Crippen LogP) is 3.81. The highest BCUT2D eigenvalue weighted by molar-refractivity contribution is 6.05. The summed E-state index contributed by atoms with van der Waals surface area (Å²) in [6, 6.07) is 28.7. The molecular formula is C26H25N3O2. The fourth-order valence-electron chi connectivity index (χ4n) is 3.63. The number of para-hydroxylation sites is 1. The molecule has 5 heteroatoms. The van der Waals surface area contributed by atoms with Crippen LogP contribution >= 0.6 is 0 Å². The Bertz CT molecular complexity index is 1040. The number of piperazine rings is 1. The van der Waals surface area contributed by atoms with Crippen molar-refractivity contribution in [3.8, 4) is 0 Å². The van der Waals surface area contributed by atoms with Gasteiger partial charge in [0.05, 0.1) is 0 Å². The summed E-state index contributed by atoms with van der Waals surface area (Å²) in [6.45, 7) is 2.70. The van der Waals surface area contributed by atoms with Crippen LogP contribution in [0, 0.1) is 0 Å². The second kappa shape index (κ2) is 9.76. The quantitative estimate of drug-likeness (QED) is 0.650. The fraction of sp³-hybridized carbons (Fsp3) is 0.154. The Balaban J connectivity index is 1.50. The number of carbonyl (C=O) groups is 2.